The van der Waals surface area contributed by atoms with Gasteiger partial charge in [0.2, 0.25) is 6.41 Å². The fourth-order valence-corrected chi connectivity index (χ4v) is 2.30. The zero-order chi connectivity index (χ0) is 17.7. The highest BCUT2D eigenvalue weighted by atomic mass is 19.1. The molecule has 0 saturated heterocycles. The molecule has 0 saturated carbocycles. The van der Waals surface area contributed by atoms with Crippen LogP contribution in [0.3, 0.4) is 0 Å². The van der Waals surface area contributed by atoms with Crippen molar-refractivity contribution in [2.45, 2.75) is 13.0 Å². The van der Waals surface area contributed by atoms with E-state index in [0.717, 1.165) is 21.8 Å². The minimum absolute atomic E-state index is 0.0938. The third-order valence-electron chi connectivity index (χ3n) is 3.73. The van der Waals surface area contributed by atoms with E-state index in [1.807, 2.05) is 24.3 Å². The molecular formula is C18H20FN3O2. The van der Waals surface area contributed by atoms with Crippen LogP contribution in [-0.4, -0.2) is 31.4 Å². The molecule has 0 fully saturated rings. The van der Waals surface area contributed by atoms with E-state index >= 15 is 0 Å². The normalized spacial score (nSPS) is 11.5. The number of ether oxygens (including phenoxy) is 1. The molecule has 1 unspecified atom stereocenters. The Morgan fingerprint density at radius 2 is 2.00 bits per heavy atom. The number of methoxy groups -OCH3 is 1. The second-order valence-electron chi connectivity index (χ2n) is 5.40. The summed E-state index contributed by atoms with van der Waals surface area (Å²) in [5, 5.41) is 10.6. The number of nitrogens with zero attached hydrogens (tertiary/aromatic N) is 1. The van der Waals surface area contributed by atoms with Crippen LogP contribution in [0.2, 0.25) is 0 Å². The summed E-state index contributed by atoms with van der Waals surface area (Å²) < 4.78 is 19.4. The van der Waals surface area contributed by atoms with Gasteiger partial charge in [-0.15, -0.1) is 0 Å². The van der Waals surface area contributed by atoms with Crippen LogP contribution < -0.4 is 10.1 Å². The summed E-state index contributed by atoms with van der Waals surface area (Å²) in [6, 6.07) is 11.9. The van der Waals surface area contributed by atoms with Gasteiger partial charge in [-0.1, -0.05) is 18.2 Å². The lowest BCUT2D eigenvalue weighted by Crippen LogP contribution is -2.38. The molecular weight excluding hydrogens is 309 g/mol. The number of hydrogen-bond acceptors (Lipinski definition) is 3. The second-order valence-corrected chi connectivity index (χ2v) is 5.40. The quantitative estimate of drug-likeness (QED) is 0.503. The van der Waals surface area contributed by atoms with E-state index in [9.17, 15) is 9.18 Å². The molecule has 0 aliphatic carbocycles. The van der Waals surface area contributed by atoms with Gasteiger partial charge in [0.15, 0.2) is 5.96 Å². The van der Waals surface area contributed by atoms with Crippen LogP contribution in [-0.2, 0) is 4.79 Å². The van der Waals surface area contributed by atoms with Gasteiger partial charge in [0.05, 0.1) is 13.2 Å². The Balaban J connectivity index is 2.31. The van der Waals surface area contributed by atoms with E-state index in [-0.39, 0.29) is 11.8 Å². The number of amides is 1. The minimum atomic E-state index is -0.467. The average Bonchev–Trinajstić information content (AvgIpc) is 2.61. The molecule has 2 rings (SSSR count). The van der Waals surface area contributed by atoms with E-state index in [1.165, 1.54) is 13.1 Å². The molecule has 0 aliphatic rings. The highest BCUT2D eigenvalue weighted by Crippen LogP contribution is 2.28. The largest absolute Gasteiger partial charge is 0.497 e. The van der Waals surface area contributed by atoms with Crippen LogP contribution in [0.4, 0.5) is 4.39 Å². The van der Waals surface area contributed by atoms with Crippen molar-refractivity contribution in [2.75, 3.05) is 14.2 Å². The molecule has 0 aliphatic heterocycles. The average molecular weight is 329 g/mol. The highest BCUT2D eigenvalue weighted by molar-refractivity contribution is 5.86. The van der Waals surface area contributed by atoms with Gasteiger partial charge >= 0.3 is 0 Å². The summed E-state index contributed by atoms with van der Waals surface area (Å²) in [5.41, 5.74) is 2.16. The maximum atomic E-state index is 14.2. The van der Waals surface area contributed by atoms with Crippen molar-refractivity contribution in [1.29, 1.82) is 5.41 Å². The van der Waals surface area contributed by atoms with E-state index in [1.54, 1.807) is 26.2 Å². The predicted molar refractivity (Wildman–Crippen MR) is 91.5 cm³/mol. The summed E-state index contributed by atoms with van der Waals surface area (Å²) in [4.78, 5) is 11.8. The zero-order valence-electron chi connectivity index (χ0n) is 13.8. The minimum Gasteiger partial charge on any atom is -0.497 e. The molecule has 1 amide bonds. The number of benzene rings is 2. The Morgan fingerprint density at radius 3 is 2.67 bits per heavy atom. The molecule has 0 heterocycles. The van der Waals surface area contributed by atoms with Gasteiger partial charge in [0.1, 0.15) is 11.6 Å². The molecule has 2 aromatic carbocycles. The standard InChI is InChI=1S/C18H20FN3O2/c1-12(21-18(20)22(2)11-23)16-10-14(7-8-17(16)19)13-5-4-6-15(9-13)24-3/h4-12H,1-3H3,(H2,20,21). The Labute approximate surface area is 140 Å². The van der Waals surface area contributed by atoms with Gasteiger partial charge in [0, 0.05) is 12.6 Å². The van der Waals surface area contributed by atoms with Crippen LogP contribution in [0, 0.1) is 11.2 Å². The fraction of sp³-hybridized carbons (Fsp3) is 0.222. The Bertz CT molecular complexity index is 749. The first-order valence-corrected chi connectivity index (χ1v) is 7.43. The number of guanidine groups is 1. The van der Waals surface area contributed by atoms with E-state index in [2.05, 4.69) is 5.32 Å². The number of halogens is 1. The lowest BCUT2D eigenvalue weighted by atomic mass is 9.99. The third-order valence-corrected chi connectivity index (χ3v) is 3.73. The Hall–Kier alpha value is -2.89. The molecule has 6 heteroatoms. The molecule has 2 aromatic rings. The van der Waals surface area contributed by atoms with Crippen LogP contribution in [0.1, 0.15) is 18.5 Å². The number of carbonyl (C=O) groups is 1. The summed E-state index contributed by atoms with van der Waals surface area (Å²) in [5.74, 6) is 0.255. The van der Waals surface area contributed by atoms with Crippen molar-refractivity contribution in [3.63, 3.8) is 0 Å². The lowest BCUT2D eigenvalue weighted by molar-refractivity contribution is -0.114. The smallest absolute Gasteiger partial charge is 0.216 e. The predicted octanol–water partition coefficient (Wildman–Crippen LogP) is 3.17. The fourth-order valence-electron chi connectivity index (χ4n) is 2.30. The van der Waals surface area contributed by atoms with E-state index < -0.39 is 6.04 Å². The van der Waals surface area contributed by atoms with Crippen molar-refractivity contribution < 1.29 is 13.9 Å². The Kier molecular flexibility index (Phi) is 5.52. The first-order valence-electron chi connectivity index (χ1n) is 7.43. The molecule has 2 N–H and O–H groups in total. The third kappa shape index (κ3) is 3.90. The monoisotopic (exact) mass is 329 g/mol. The van der Waals surface area contributed by atoms with Gasteiger partial charge < -0.3 is 10.1 Å². The van der Waals surface area contributed by atoms with Gasteiger partial charge in [-0.3, -0.25) is 15.1 Å². The van der Waals surface area contributed by atoms with Crippen molar-refractivity contribution in [2.24, 2.45) is 0 Å². The maximum Gasteiger partial charge on any atom is 0.216 e. The zero-order valence-corrected chi connectivity index (χ0v) is 13.8. The molecule has 0 bridgehead atoms. The number of carbonyl (C=O) groups excluding carboxylic acids is 1. The van der Waals surface area contributed by atoms with Gasteiger partial charge in [0.25, 0.3) is 0 Å². The molecule has 1 atom stereocenters. The molecule has 0 aromatic heterocycles. The molecule has 24 heavy (non-hydrogen) atoms. The number of hydrogen-bond donors (Lipinski definition) is 2. The SMILES string of the molecule is COc1cccc(-c2ccc(F)c(C(C)NC(=N)N(C)C=O)c2)c1. The van der Waals surface area contributed by atoms with Crippen molar-refractivity contribution in [3.8, 4) is 16.9 Å². The van der Waals surface area contributed by atoms with Gasteiger partial charge in [-0.25, -0.2) is 4.39 Å². The van der Waals surface area contributed by atoms with Gasteiger partial charge in [-0.05, 0) is 42.3 Å². The van der Waals surface area contributed by atoms with Crippen LogP contribution >= 0.6 is 0 Å². The first kappa shape index (κ1) is 17.5. The number of rotatable bonds is 5. The summed E-state index contributed by atoms with van der Waals surface area (Å²) in [7, 11) is 3.05. The second kappa shape index (κ2) is 7.59. The van der Waals surface area contributed by atoms with E-state index in [4.69, 9.17) is 10.1 Å². The number of nitrogens with one attached hydrogen (secondary N) is 2. The summed E-state index contributed by atoms with van der Waals surface area (Å²) in [6.07, 6.45) is 0.519. The summed E-state index contributed by atoms with van der Waals surface area (Å²) in [6.45, 7) is 1.74. The maximum absolute atomic E-state index is 14.2. The van der Waals surface area contributed by atoms with Gasteiger partial charge in [-0.2, -0.15) is 0 Å². The van der Waals surface area contributed by atoms with Crippen LogP contribution in [0.25, 0.3) is 11.1 Å². The molecule has 5 nitrogen and oxygen atoms in total. The van der Waals surface area contributed by atoms with Crippen molar-refractivity contribution >= 4 is 12.4 Å². The lowest BCUT2D eigenvalue weighted by Gasteiger charge is -2.21. The molecule has 126 valence electrons. The van der Waals surface area contributed by atoms with Crippen molar-refractivity contribution in [3.05, 3.63) is 53.8 Å². The molecule has 0 spiro atoms. The van der Waals surface area contributed by atoms with Crippen LogP contribution in [0.15, 0.2) is 42.5 Å². The topological polar surface area (TPSA) is 65.4 Å². The highest BCUT2D eigenvalue weighted by Gasteiger charge is 2.15. The summed E-state index contributed by atoms with van der Waals surface area (Å²) >= 11 is 0. The molecule has 0 radical (unpaired) electrons. The first-order chi connectivity index (χ1) is 11.5. The van der Waals surface area contributed by atoms with Crippen LogP contribution in [0.5, 0.6) is 5.75 Å². The van der Waals surface area contributed by atoms with E-state index in [0.29, 0.717) is 12.0 Å². The Morgan fingerprint density at radius 1 is 1.29 bits per heavy atom. The van der Waals surface area contributed by atoms with Crippen molar-refractivity contribution in [1.82, 2.24) is 10.2 Å².